The maximum atomic E-state index is 6.27. The average molecular weight is 272 g/mol. The zero-order valence-electron chi connectivity index (χ0n) is 9.99. The van der Waals surface area contributed by atoms with Gasteiger partial charge in [0.1, 0.15) is 5.69 Å². The highest BCUT2D eigenvalue weighted by atomic mass is 35.5. The molecule has 0 bridgehead atoms. The van der Waals surface area contributed by atoms with Gasteiger partial charge in [0.15, 0.2) is 5.82 Å². The van der Waals surface area contributed by atoms with Crippen molar-refractivity contribution in [3.05, 3.63) is 10.7 Å². The quantitative estimate of drug-likeness (QED) is 0.868. The number of aryl methyl sites for hydroxylation is 2. The maximum Gasteiger partial charge on any atom is 0.208 e. The van der Waals surface area contributed by atoms with Gasteiger partial charge in [-0.2, -0.15) is 10.1 Å². The number of aromatic amines is 1. The van der Waals surface area contributed by atoms with Crippen molar-refractivity contribution in [3.63, 3.8) is 0 Å². The molecule has 0 radical (unpaired) electrons. The van der Waals surface area contributed by atoms with E-state index in [0.29, 0.717) is 10.8 Å². The van der Waals surface area contributed by atoms with Crippen molar-refractivity contribution in [1.82, 2.24) is 25.0 Å². The first-order valence-electron chi connectivity index (χ1n) is 5.44. The van der Waals surface area contributed by atoms with E-state index in [1.165, 1.54) is 0 Å². The molecule has 0 saturated carbocycles. The third kappa shape index (κ3) is 2.32. The third-order valence-electron chi connectivity index (χ3n) is 2.35. The molecule has 0 fully saturated rings. The van der Waals surface area contributed by atoms with E-state index in [1.807, 2.05) is 14.0 Å². The van der Waals surface area contributed by atoms with Crippen molar-refractivity contribution in [2.45, 2.75) is 25.4 Å². The third-order valence-corrected chi connectivity index (χ3v) is 3.48. The second-order valence-electron chi connectivity index (χ2n) is 3.49. The van der Waals surface area contributed by atoms with Gasteiger partial charge in [0.05, 0.1) is 10.7 Å². The Morgan fingerprint density at radius 2 is 2.18 bits per heavy atom. The van der Waals surface area contributed by atoms with Crippen LogP contribution >= 0.6 is 23.4 Å². The number of thioether (sulfide) groups is 1. The SMILES string of the molecule is CCSc1n[nH]c(-c2c(Cl)c(CC)nn2C)n1. The first-order valence-corrected chi connectivity index (χ1v) is 6.80. The molecule has 2 rings (SSSR count). The van der Waals surface area contributed by atoms with Gasteiger partial charge in [0, 0.05) is 7.05 Å². The highest BCUT2D eigenvalue weighted by Gasteiger charge is 2.18. The molecule has 1 N–H and O–H groups in total. The molecule has 0 aliphatic rings. The number of nitrogens with zero attached hydrogens (tertiary/aromatic N) is 4. The predicted octanol–water partition coefficient (Wildman–Crippen LogP) is 2.53. The number of aromatic nitrogens is 5. The molecule has 0 spiro atoms. The predicted molar refractivity (Wildman–Crippen MR) is 69.4 cm³/mol. The molecule has 0 aliphatic carbocycles. The molecule has 0 aromatic carbocycles. The van der Waals surface area contributed by atoms with Crippen LogP contribution in [-0.2, 0) is 13.5 Å². The zero-order chi connectivity index (χ0) is 12.4. The van der Waals surface area contributed by atoms with E-state index in [-0.39, 0.29) is 0 Å². The van der Waals surface area contributed by atoms with E-state index < -0.39 is 0 Å². The molecule has 17 heavy (non-hydrogen) atoms. The summed E-state index contributed by atoms with van der Waals surface area (Å²) in [7, 11) is 1.86. The van der Waals surface area contributed by atoms with Crippen LogP contribution < -0.4 is 0 Å². The molecule has 0 aliphatic heterocycles. The van der Waals surface area contributed by atoms with E-state index in [0.717, 1.165) is 28.7 Å². The van der Waals surface area contributed by atoms with Crippen molar-refractivity contribution < 1.29 is 0 Å². The average Bonchev–Trinajstić information content (AvgIpc) is 2.84. The number of halogens is 1. The molecule has 0 amide bonds. The second-order valence-corrected chi connectivity index (χ2v) is 5.10. The lowest BCUT2D eigenvalue weighted by molar-refractivity contribution is 0.748. The number of nitrogens with one attached hydrogen (secondary N) is 1. The van der Waals surface area contributed by atoms with Crippen LogP contribution in [-0.4, -0.2) is 30.7 Å². The van der Waals surface area contributed by atoms with E-state index in [4.69, 9.17) is 11.6 Å². The van der Waals surface area contributed by atoms with Gasteiger partial charge >= 0.3 is 0 Å². The summed E-state index contributed by atoms with van der Waals surface area (Å²) in [5, 5.41) is 12.8. The molecule has 0 saturated heterocycles. The Kier molecular flexibility index (Phi) is 3.73. The number of H-pyrrole nitrogens is 1. The molecular weight excluding hydrogens is 258 g/mol. The lowest BCUT2D eigenvalue weighted by Crippen LogP contribution is -1.95. The van der Waals surface area contributed by atoms with Crippen LogP contribution in [0.4, 0.5) is 0 Å². The van der Waals surface area contributed by atoms with Crippen molar-refractivity contribution in [1.29, 1.82) is 0 Å². The van der Waals surface area contributed by atoms with Crippen molar-refractivity contribution >= 4 is 23.4 Å². The van der Waals surface area contributed by atoms with Crippen molar-refractivity contribution in [2.24, 2.45) is 7.05 Å². The van der Waals surface area contributed by atoms with Crippen molar-refractivity contribution in [3.8, 4) is 11.5 Å². The second kappa shape index (κ2) is 5.10. The molecule has 2 heterocycles. The maximum absolute atomic E-state index is 6.27. The fourth-order valence-electron chi connectivity index (χ4n) is 1.58. The van der Waals surface area contributed by atoms with Gasteiger partial charge in [0.2, 0.25) is 5.16 Å². The van der Waals surface area contributed by atoms with E-state index >= 15 is 0 Å². The van der Waals surface area contributed by atoms with Crippen LogP contribution in [0.3, 0.4) is 0 Å². The first-order chi connectivity index (χ1) is 8.17. The van der Waals surface area contributed by atoms with Gasteiger partial charge in [-0.1, -0.05) is 37.2 Å². The molecule has 0 atom stereocenters. The fraction of sp³-hybridized carbons (Fsp3) is 0.500. The standard InChI is InChI=1S/C10H14ClN5S/c1-4-6-7(11)8(16(3)15-6)9-12-10(14-13-9)17-5-2/h4-5H2,1-3H3,(H,12,13,14). The summed E-state index contributed by atoms with van der Waals surface area (Å²) in [6.45, 7) is 4.09. The summed E-state index contributed by atoms with van der Waals surface area (Å²) < 4.78 is 1.74. The minimum absolute atomic E-state index is 0.652. The van der Waals surface area contributed by atoms with Crippen LogP contribution in [0.1, 0.15) is 19.5 Å². The van der Waals surface area contributed by atoms with Gasteiger partial charge < -0.3 is 0 Å². The smallest absolute Gasteiger partial charge is 0.208 e. The minimum Gasteiger partial charge on any atom is -0.263 e. The summed E-state index contributed by atoms with van der Waals surface area (Å²) >= 11 is 7.86. The number of rotatable bonds is 4. The van der Waals surface area contributed by atoms with Gasteiger partial charge in [-0.3, -0.25) is 9.78 Å². The summed E-state index contributed by atoms with van der Waals surface area (Å²) in [5.74, 6) is 1.61. The van der Waals surface area contributed by atoms with Crippen LogP contribution in [0.15, 0.2) is 5.16 Å². The Morgan fingerprint density at radius 3 is 2.76 bits per heavy atom. The normalized spacial score (nSPS) is 11.1. The molecular formula is C10H14ClN5S. The Morgan fingerprint density at radius 1 is 1.41 bits per heavy atom. The Balaban J connectivity index is 2.41. The Hall–Kier alpha value is -1.01. The summed E-state index contributed by atoms with van der Waals surface area (Å²) in [5.41, 5.74) is 1.67. The van der Waals surface area contributed by atoms with E-state index in [9.17, 15) is 0 Å². The van der Waals surface area contributed by atoms with Crippen molar-refractivity contribution in [2.75, 3.05) is 5.75 Å². The van der Waals surface area contributed by atoms with Crippen LogP contribution in [0.5, 0.6) is 0 Å². The molecule has 92 valence electrons. The monoisotopic (exact) mass is 271 g/mol. The molecule has 0 unspecified atom stereocenters. The van der Waals surface area contributed by atoms with E-state index in [1.54, 1.807) is 16.4 Å². The summed E-state index contributed by atoms with van der Waals surface area (Å²) in [6, 6.07) is 0. The number of hydrogen-bond acceptors (Lipinski definition) is 4. The summed E-state index contributed by atoms with van der Waals surface area (Å²) in [4.78, 5) is 4.39. The Labute approximate surface area is 109 Å². The fourth-order valence-corrected chi connectivity index (χ4v) is 2.49. The van der Waals surface area contributed by atoms with Gasteiger partial charge in [-0.25, -0.2) is 0 Å². The largest absolute Gasteiger partial charge is 0.263 e. The van der Waals surface area contributed by atoms with Gasteiger partial charge in [-0.05, 0) is 12.2 Å². The van der Waals surface area contributed by atoms with E-state index in [2.05, 4.69) is 27.2 Å². The molecule has 5 nitrogen and oxygen atoms in total. The van der Waals surface area contributed by atoms with Crippen LogP contribution in [0, 0.1) is 0 Å². The minimum atomic E-state index is 0.652. The highest BCUT2D eigenvalue weighted by Crippen LogP contribution is 2.29. The lowest BCUT2D eigenvalue weighted by atomic mass is 10.3. The van der Waals surface area contributed by atoms with Crippen LogP contribution in [0.2, 0.25) is 5.02 Å². The lowest BCUT2D eigenvalue weighted by Gasteiger charge is -1.96. The molecule has 7 heteroatoms. The molecule has 2 aromatic heterocycles. The highest BCUT2D eigenvalue weighted by molar-refractivity contribution is 7.99. The van der Waals surface area contributed by atoms with Gasteiger partial charge in [0.25, 0.3) is 0 Å². The zero-order valence-corrected chi connectivity index (χ0v) is 11.6. The number of hydrogen-bond donors (Lipinski definition) is 1. The summed E-state index contributed by atoms with van der Waals surface area (Å²) in [6.07, 6.45) is 0.803. The topological polar surface area (TPSA) is 59.4 Å². The first kappa shape index (κ1) is 12.4. The Bertz CT molecular complexity index is 519. The molecule has 2 aromatic rings. The van der Waals surface area contributed by atoms with Gasteiger partial charge in [-0.15, -0.1) is 5.10 Å². The van der Waals surface area contributed by atoms with Crippen LogP contribution in [0.25, 0.3) is 11.5 Å².